The number of amides is 1. The third-order valence-corrected chi connectivity index (χ3v) is 5.48. The third kappa shape index (κ3) is 3.67. The summed E-state index contributed by atoms with van der Waals surface area (Å²) in [5.74, 6) is 0.481. The van der Waals surface area contributed by atoms with Crippen LogP contribution in [0.15, 0.2) is 5.38 Å². The van der Waals surface area contributed by atoms with Crippen LogP contribution in [0.2, 0.25) is 0 Å². The van der Waals surface area contributed by atoms with E-state index in [0.717, 1.165) is 56.0 Å². The summed E-state index contributed by atoms with van der Waals surface area (Å²) in [6.45, 7) is 3.30. The van der Waals surface area contributed by atoms with Gasteiger partial charge in [0.1, 0.15) is 0 Å². The second-order valence-electron chi connectivity index (χ2n) is 6.70. The van der Waals surface area contributed by atoms with Crippen LogP contribution in [0.5, 0.6) is 0 Å². The number of rotatable bonds is 6. The highest BCUT2D eigenvalue weighted by atomic mass is 32.1. The first-order chi connectivity index (χ1) is 10.5. The van der Waals surface area contributed by atoms with Crippen molar-refractivity contribution in [2.24, 2.45) is 5.92 Å². The molecule has 2 atom stereocenters. The van der Waals surface area contributed by atoms with Gasteiger partial charge in [0.25, 0.3) is 0 Å². The standard InChI is InChI=1S/C16H25N3O2S/c1-11(20)19(14-6-7-14)16-17-13(10-22-16)9-18(2)8-12-4-3-5-15(12)21/h10,12,14-15,21H,3-9H2,1-2H3. The summed E-state index contributed by atoms with van der Waals surface area (Å²) < 4.78 is 0. The maximum absolute atomic E-state index is 11.8. The van der Waals surface area contributed by atoms with Gasteiger partial charge in [-0.05, 0) is 38.6 Å². The van der Waals surface area contributed by atoms with Gasteiger partial charge in [-0.2, -0.15) is 0 Å². The van der Waals surface area contributed by atoms with Crippen LogP contribution in [0, 0.1) is 5.92 Å². The highest BCUT2D eigenvalue weighted by Crippen LogP contribution is 2.34. The van der Waals surface area contributed by atoms with Gasteiger partial charge in [-0.25, -0.2) is 4.98 Å². The number of anilines is 1. The van der Waals surface area contributed by atoms with Crippen LogP contribution in [-0.2, 0) is 11.3 Å². The fourth-order valence-corrected chi connectivity index (χ4v) is 4.26. The maximum atomic E-state index is 11.8. The molecule has 22 heavy (non-hydrogen) atoms. The molecule has 2 aliphatic carbocycles. The Bertz CT molecular complexity index is 529. The van der Waals surface area contributed by atoms with E-state index in [-0.39, 0.29) is 12.0 Å². The molecular weight excluding hydrogens is 298 g/mol. The summed E-state index contributed by atoms with van der Waals surface area (Å²) in [6, 6.07) is 0.364. The number of hydrogen-bond donors (Lipinski definition) is 1. The molecule has 0 aromatic carbocycles. The van der Waals surface area contributed by atoms with Crippen molar-refractivity contribution in [2.45, 2.75) is 57.7 Å². The van der Waals surface area contributed by atoms with Crippen LogP contribution in [0.25, 0.3) is 0 Å². The SMILES string of the molecule is CC(=O)N(c1nc(CN(C)CC2CCCC2O)cs1)C1CC1. The van der Waals surface area contributed by atoms with E-state index < -0.39 is 0 Å². The molecule has 0 radical (unpaired) electrons. The van der Waals surface area contributed by atoms with Crippen molar-refractivity contribution in [1.29, 1.82) is 0 Å². The van der Waals surface area contributed by atoms with E-state index in [1.54, 1.807) is 18.3 Å². The lowest BCUT2D eigenvalue weighted by molar-refractivity contribution is -0.116. The van der Waals surface area contributed by atoms with Crippen LogP contribution in [0.4, 0.5) is 5.13 Å². The zero-order chi connectivity index (χ0) is 15.7. The minimum Gasteiger partial charge on any atom is -0.393 e. The summed E-state index contributed by atoms with van der Waals surface area (Å²) in [7, 11) is 2.08. The minimum absolute atomic E-state index is 0.0887. The van der Waals surface area contributed by atoms with Crippen molar-refractivity contribution >= 4 is 22.4 Å². The molecule has 1 N–H and O–H groups in total. The topological polar surface area (TPSA) is 56.7 Å². The second kappa shape index (κ2) is 6.64. The molecule has 0 saturated heterocycles. The van der Waals surface area contributed by atoms with Gasteiger partial charge in [0, 0.05) is 31.4 Å². The number of aromatic nitrogens is 1. The molecule has 2 unspecified atom stereocenters. The summed E-state index contributed by atoms with van der Waals surface area (Å²) in [4.78, 5) is 20.5. The predicted octanol–water partition coefficient (Wildman–Crippen LogP) is 2.25. The Kier molecular flexibility index (Phi) is 4.80. The van der Waals surface area contributed by atoms with Crippen LogP contribution < -0.4 is 4.90 Å². The lowest BCUT2D eigenvalue weighted by atomic mass is 10.1. The fourth-order valence-electron chi connectivity index (χ4n) is 3.33. The molecule has 6 heteroatoms. The van der Waals surface area contributed by atoms with Crippen molar-refractivity contribution in [3.63, 3.8) is 0 Å². The lowest BCUT2D eigenvalue weighted by Gasteiger charge is -2.22. The molecule has 1 amide bonds. The number of nitrogens with zero attached hydrogens (tertiary/aromatic N) is 3. The van der Waals surface area contributed by atoms with Crippen LogP contribution in [0.3, 0.4) is 0 Å². The number of carbonyl (C=O) groups is 1. The largest absolute Gasteiger partial charge is 0.393 e. The first-order valence-corrected chi connectivity index (χ1v) is 9.03. The van der Waals surface area contributed by atoms with Gasteiger partial charge in [-0.1, -0.05) is 6.42 Å². The molecule has 122 valence electrons. The van der Waals surface area contributed by atoms with Gasteiger partial charge in [0.05, 0.1) is 11.8 Å². The van der Waals surface area contributed by atoms with Gasteiger partial charge in [0.2, 0.25) is 5.91 Å². The Morgan fingerprint density at radius 1 is 1.41 bits per heavy atom. The normalized spacial score (nSPS) is 24.9. The molecule has 0 aliphatic heterocycles. The van der Waals surface area contributed by atoms with Crippen molar-refractivity contribution in [3.8, 4) is 0 Å². The molecule has 5 nitrogen and oxygen atoms in total. The highest BCUT2D eigenvalue weighted by Gasteiger charge is 2.33. The molecular formula is C16H25N3O2S. The van der Waals surface area contributed by atoms with E-state index in [9.17, 15) is 9.90 Å². The molecule has 0 spiro atoms. The third-order valence-electron chi connectivity index (χ3n) is 4.59. The first-order valence-electron chi connectivity index (χ1n) is 8.15. The Hall–Kier alpha value is -0.980. The van der Waals surface area contributed by atoms with E-state index in [4.69, 9.17) is 0 Å². The van der Waals surface area contributed by atoms with Gasteiger partial charge in [0.15, 0.2) is 5.13 Å². The summed E-state index contributed by atoms with van der Waals surface area (Å²) in [6.07, 6.45) is 5.23. The molecule has 1 aromatic rings. The lowest BCUT2D eigenvalue weighted by Crippen LogP contribution is -2.31. The van der Waals surface area contributed by atoms with Crippen molar-refractivity contribution in [2.75, 3.05) is 18.5 Å². The van der Waals surface area contributed by atoms with E-state index >= 15 is 0 Å². The number of aliphatic hydroxyl groups excluding tert-OH is 1. The zero-order valence-corrected chi connectivity index (χ0v) is 14.2. The summed E-state index contributed by atoms with van der Waals surface area (Å²) >= 11 is 1.56. The summed E-state index contributed by atoms with van der Waals surface area (Å²) in [5, 5.41) is 12.8. The zero-order valence-electron chi connectivity index (χ0n) is 13.4. The molecule has 2 saturated carbocycles. The monoisotopic (exact) mass is 323 g/mol. The Balaban J connectivity index is 1.57. The summed E-state index contributed by atoms with van der Waals surface area (Å²) in [5.41, 5.74) is 1.02. The van der Waals surface area contributed by atoms with Crippen molar-refractivity contribution in [3.05, 3.63) is 11.1 Å². The van der Waals surface area contributed by atoms with E-state index in [1.807, 2.05) is 4.90 Å². The smallest absolute Gasteiger partial charge is 0.225 e. The minimum atomic E-state index is -0.142. The van der Waals surface area contributed by atoms with Gasteiger partial charge >= 0.3 is 0 Å². The average Bonchev–Trinajstić information content (AvgIpc) is 3.04. The molecule has 1 aromatic heterocycles. The van der Waals surface area contributed by atoms with Crippen LogP contribution in [-0.4, -0.2) is 46.6 Å². The number of hydrogen-bond acceptors (Lipinski definition) is 5. The number of thiazole rings is 1. The number of aliphatic hydroxyl groups is 1. The average molecular weight is 323 g/mol. The van der Waals surface area contributed by atoms with Crippen LogP contribution >= 0.6 is 11.3 Å². The molecule has 2 fully saturated rings. The molecule has 0 bridgehead atoms. The Morgan fingerprint density at radius 3 is 2.77 bits per heavy atom. The van der Waals surface area contributed by atoms with E-state index in [1.165, 1.54) is 0 Å². The predicted molar refractivity (Wildman–Crippen MR) is 88.0 cm³/mol. The quantitative estimate of drug-likeness (QED) is 0.872. The van der Waals surface area contributed by atoms with Gasteiger partial charge in [-0.3, -0.25) is 9.69 Å². The Labute approximate surface area is 135 Å². The van der Waals surface area contributed by atoms with Crippen LogP contribution in [0.1, 0.15) is 44.7 Å². The maximum Gasteiger partial charge on any atom is 0.225 e. The second-order valence-corrected chi connectivity index (χ2v) is 7.53. The van der Waals surface area contributed by atoms with E-state index in [2.05, 4.69) is 22.3 Å². The van der Waals surface area contributed by atoms with E-state index in [0.29, 0.717) is 12.0 Å². The number of carbonyl (C=O) groups excluding carboxylic acids is 1. The van der Waals surface area contributed by atoms with Gasteiger partial charge in [-0.15, -0.1) is 11.3 Å². The molecule has 3 rings (SSSR count). The first kappa shape index (κ1) is 15.9. The fraction of sp³-hybridized carbons (Fsp3) is 0.750. The Morgan fingerprint density at radius 2 is 2.18 bits per heavy atom. The van der Waals surface area contributed by atoms with Gasteiger partial charge < -0.3 is 10.0 Å². The van der Waals surface area contributed by atoms with Crippen molar-refractivity contribution < 1.29 is 9.90 Å². The molecule has 2 aliphatic rings. The van der Waals surface area contributed by atoms with Crippen molar-refractivity contribution in [1.82, 2.24) is 9.88 Å². The highest BCUT2D eigenvalue weighted by molar-refractivity contribution is 7.14. The molecule has 1 heterocycles.